The molecule has 0 spiro atoms. The van der Waals surface area contributed by atoms with Crippen LogP contribution < -0.4 is 4.74 Å². The number of amides is 1. The number of nitrogens with zero attached hydrogens (tertiary/aromatic N) is 3. The van der Waals surface area contributed by atoms with Crippen molar-refractivity contribution in [1.82, 2.24) is 14.5 Å². The first kappa shape index (κ1) is 15.4. The van der Waals surface area contributed by atoms with Crippen molar-refractivity contribution in [3.8, 4) is 11.5 Å². The number of fused-ring (bicyclic) bond motifs is 1. The third-order valence-electron chi connectivity index (χ3n) is 4.59. The Morgan fingerprint density at radius 3 is 2.52 bits per heavy atom. The topological polar surface area (TPSA) is 47.4 Å². The minimum atomic E-state index is 0.0513. The molecule has 5 heteroatoms. The van der Waals surface area contributed by atoms with Gasteiger partial charge >= 0.3 is 0 Å². The third-order valence-corrected chi connectivity index (χ3v) is 4.59. The van der Waals surface area contributed by atoms with Crippen molar-refractivity contribution in [2.45, 2.75) is 19.5 Å². The summed E-state index contributed by atoms with van der Waals surface area (Å²) in [7, 11) is 0. The highest BCUT2D eigenvalue weighted by Gasteiger charge is 2.27. The summed E-state index contributed by atoms with van der Waals surface area (Å²) < 4.78 is 7.96. The zero-order chi connectivity index (χ0) is 17.2. The summed E-state index contributed by atoms with van der Waals surface area (Å²) in [6, 6.07) is 15.1. The van der Waals surface area contributed by atoms with Gasteiger partial charge in [-0.25, -0.2) is 0 Å². The number of benzene rings is 1. The fraction of sp³-hybridized carbons (Fsp3) is 0.200. The van der Waals surface area contributed by atoms with Gasteiger partial charge in [0.15, 0.2) is 0 Å². The molecule has 1 amide bonds. The molecular weight excluding hydrogens is 314 g/mol. The van der Waals surface area contributed by atoms with Gasteiger partial charge < -0.3 is 14.2 Å². The second-order valence-corrected chi connectivity index (χ2v) is 6.11. The monoisotopic (exact) mass is 333 g/mol. The van der Waals surface area contributed by atoms with E-state index in [2.05, 4.69) is 28.7 Å². The number of hydrogen-bond donors (Lipinski definition) is 0. The van der Waals surface area contributed by atoms with E-state index < -0.39 is 0 Å². The molecule has 0 bridgehead atoms. The molecular formula is C20H19N3O2. The molecule has 3 aromatic rings. The van der Waals surface area contributed by atoms with E-state index in [1.165, 1.54) is 5.69 Å². The van der Waals surface area contributed by atoms with Crippen LogP contribution in [0.5, 0.6) is 11.5 Å². The maximum Gasteiger partial charge on any atom is 0.254 e. The average molecular weight is 333 g/mol. The van der Waals surface area contributed by atoms with Crippen molar-refractivity contribution < 1.29 is 9.53 Å². The van der Waals surface area contributed by atoms with E-state index in [9.17, 15) is 4.79 Å². The standard InChI is InChI=1S/C20H19N3O2/c1-15-19-3-2-12-22(19)13-14-23(15)20(24)16-4-6-17(7-5-16)25-18-8-10-21-11-9-18/h2-12,15H,13-14H2,1H3. The molecule has 1 aliphatic rings. The van der Waals surface area contributed by atoms with E-state index >= 15 is 0 Å². The van der Waals surface area contributed by atoms with E-state index in [0.717, 1.165) is 18.8 Å². The molecule has 0 aliphatic carbocycles. The van der Waals surface area contributed by atoms with Crippen molar-refractivity contribution in [2.75, 3.05) is 6.54 Å². The third kappa shape index (κ3) is 3.01. The second-order valence-electron chi connectivity index (χ2n) is 6.11. The lowest BCUT2D eigenvalue weighted by molar-refractivity contribution is 0.0644. The largest absolute Gasteiger partial charge is 0.457 e. The smallest absolute Gasteiger partial charge is 0.254 e. The van der Waals surface area contributed by atoms with Gasteiger partial charge in [-0.1, -0.05) is 0 Å². The molecule has 1 atom stereocenters. The van der Waals surface area contributed by atoms with Crippen LogP contribution in [0.2, 0.25) is 0 Å². The van der Waals surface area contributed by atoms with Crippen LogP contribution in [0.25, 0.3) is 0 Å². The highest BCUT2D eigenvalue weighted by molar-refractivity contribution is 5.94. The highest BCUT2D eigenvalue weighted by atomic mass is 16.5. The number of carbonyl (C=O) groups excluding carboxylic acids is 1. The minimum Gasteiger partial charge on any atom is -0.457 e. The number of carbonyl (C=O) groups is 1. The molecule has 1 aliphatic heterocycles. The summed E-state index contributed by atoms with van der Waals surface area (Å²) in [5, 5.41) is 0. The van der Waals surface area contributed by atoms with Gasteiger partial charge in [-0.15, -0.1) is 0 Å². The van der Waals surface area contributed by atoms with Gasteiger partial charge in [0.25, 0.3) is 5.91 Å². The van der Waals surface area contributed by atoms with E-state index in [1.54, 1.807) is 24.5 Å². The Kier molecular flexibility index (Phi) is 3.98. The Morgan fingerprint density at radius 2 is 1.76 bits per heavy atom. The van der Waals surface area contributed by atoms with Crippen LogP contribution in [-0.2, 0) is 6.54 Å². The molecule has 126 valence electrons. The second kappa shape index (κ2) is 6.43. The molecule has 0 saturated carbocycles. The van der Waals surface area contributed by atoms with Gasteiger partial charge in [0.1, 0.15) is 11.5 Å². The van der Waals surface area contributed by atoms with Crippen LogP contribution in [0, 0.1) is 0 Å². The number of hydrogen-bond acceptors (Lipinski definition) is 3. The van der Waals surface area contributed by atoms with Crippen molar-refractivity contribution in [3.05, 3.63) is 78.4 Å². The molecule has 4 rings (SSSR count). The van der Waals surface area contributed by atoms with Crippen LogP contribution >= 0.6 is 0 Å². The lowest BCUT2D eigenvalue weighted by Crippen LogP contribution is -2.40. The van der Waals surface area contributed by atoms with E-state index in [1.807, 2.05) is 35.2 Å². The Balaban J connectivity index is 1.49. The maximum atomic E-state index is 12.9. The van der Waals surface area contributed by atoms with Gasteiger partial charge in [-0.05, 0) is 55.5 Å². The Bertz CT molecular complexity index is 871. The lowest BCUT2D eigenvalue weighted by Gasteiger charge is -2.35. The van der Waals surface area contributed by atoms with Crippen LogP contribution in [0.3, 0.4) is 0 Å². The van der Waals surface area contributed by atoms with Crippen molar-refractivity contribution in [3.63, 3.8) is 0 Å². The Hall–Kier alpha value is -3.08. The summed E-state index contributed by atoms with van der Waals surface area (Å²) in [6.45, 7) is 3.63. The van der Waals surface area contributed by atoms with E-state index in [-0.39, 0.29) is 11.9 Å². The molecule has 3 heterocycles. The number of aromatic nitrogens is 2. The fourth-order valence-corrected chi connectivity index (χ4v) is 3.23. The predicted octanol–water partition coefficient (Wildman–Crippen LogP) is 3.89. The van der Waals surface area contributed by atoms with E-state index in [0.29, 0.717) is 11.3 Å². The van der Waals surface area contributed by atoms with Gasteiger partial charge in [0, 0.05) is 42.9 Å². The normalized spacial score (nSPS) is 16.4. The Labute approximate surface area is 146 Å². The molecule has 0 fully saturated rings. The molecule has 1 unspecified atom stereocenters. The molecule has 0 saturated heterocycles. The zero-order valence-electron chi connectivity index (χ0n) is 14.0. The quantitative estimate of drug-likeness (QED) is 0.730. The molecule has 2 aromatic heterocycles. The summed E-state index contributed by atoms with van der Waals surface area (Å²) in [6.07, 6.45) is 5.43. The SMILES string of the molecule is CC1c2cccn2CCN1C(=O)c1ccc(Oc2ccncc2)cc1. The first-order valence-electron chi connectivity index (χ1n) is 8.36. The summed E-state index contributed by atoms with van der Waals surface area (Å²) in [5.74, 6) is 1.47. The average Bonchev–Trinajstić information content (AvgIpc) is 3.13. The van der Waals surface area contributed by atoms with Gasteiger partial charge in [-0.3, -0.25) is 9.78 Å². The Morgan fingerprint density at radius 1 is 1.04 bits per heavy atom. The van der Waals surface area contributed by atoms with Gasteiger partial charge in [0.05, 0.1) is 6.04 Å². The predicted molar refractivity (Wildman–Crippen MR) is 94.6 cm³/mol. The fourth-order valence-electron chi connectivity index (χ4n) is 3.23. The summed E-state index contributed by atoms with van der Waals surface area (Å²) in [4.78, 5) is 18.8. The molecule has 5 nitrogen and oxygen atoms in total. The molecule has 0 radical (unpaired) electrons. The van der Waals surface area contributed by atoms with Crippen LogP contribution in [0.15, 0.2) is 67.1 Å². The van der Waals surface area contributed by atoms with Crippen LogP contribution in [-0.4, -0.2) is 26.9 Å². The summed E-state index contributed by atoms with van der Waals surface area (Å²) >= 11 is 0. The first-order valence-corrected chi connectivity index (χ1v) is 8.36. The van der Waals surface area contributed by atoms with Crippen LogP contribution in [0.4, 0.5) is 0 Å². The minimum absolute atomic E-state index is 0.0513. The lowest BCUT2D eigenvalue weighted by atomic mass is 10.1. The van der Waals surface area contributed by atoms with E-state index in [4.69, 9.17) is 4.74 Å². The first-order chi connectivity index (χ1) is 12.2. The van der Waals surface area contributed by atoms with Crippen molar-refractivity contribution in [2.24, 2.45) is 0 Å². The van der Waals surface area contributed by atoms with Gasteiger partial charge in [-0.2, -0.15) is 0 Å². The molecule has 1 aromatic carbocycles. The number of pyridine rings is 1. The van der Waals surface area contributed by atoms with Gasteiger partial charge in [0.2, 0.25) is 0 Å². The van der Waals surface area contributed by atoms with Crippen molar-refractivity contribution >= 4 is 5.91 Å². The number of rotatable bonds is 3. The molecule has 25 heavy (non-hydrogen) atoms. The van der Waals surface area contributed by atoms with Crippen LogP contribution in [0.1, 0.15) is 29.0 Å². The maximum absolute atomic E-state index is 12.9. The molecule has 0 N–H and O–H groups in total. The highest BCUT2D eigenvalue weighted by Crippen LogP contribution is 2.28. The summed E-state index contributed by atoms with van der Waals surface area (Å²) in [5.41, 5.74) is 1.85. The van der Waals surface area contributed by atoms with Crippen molar-refractivity contribution in [1.29, 1.82) is 0 Å². The number of ether oxygens (including phenoxy) is 1. The zero-order valence-corrected chi connectivity index (χ0v) is 14.0.